The van der Waals surface area contributed by atoms with Crippen LogP contribution in [0.2, 0.25) is 0 Å². The van der Waals surface area contributed by atoms with Crippen molar-refractivity contribution in [2.24, 2.45) is 5.73 Å². The average molecular weight is 186 g/mol. The molecule has 1 amide bonds. The molecule has 2 unspecified atom stereocenters. The second-order valence-corrected chi connectivity index (χ2v) is 3.48. The molecule has 0 heterocycles. The summed E-state index contributed by atoms with van der Waals surface area (Å²) in [5, 5.41) is 2.61. The van der Waals surface area contributed by atoms with E-state index >= 15 is 0 Å². The van der Waals surface area contributed by atoms with Crippen LogP contribution >= 0.6 is 0 Å². The van der Waals surface area contributed by atoms with Crippen molar-refractivity contribution in [3.63, 3.8) is 0 Å². The molecule has 4 nitrogen and oxygen atoms in total. The molecule has 2 atom stereocenters. The summed E-state index contributed by atoms with van der Waals surface area (Å²) >= 11 is 0. The van der Waals surface area contributed by atoms with Gasteiger partial charge in [-0.05, 0) is 32.6 Å². The van der Waals surface area contributed by atoms with Gasteiger partial charge in [0.25, 0.3) is 0 Å². The van der Waals surface area contributed by atoms with Gasteiger partial charge in [0.1, 0.15) is 6.10 Å². The minimum absolute atomic E-state index is 0.0234. The van der Waals surface area contributed by atoms with Crippen molar-refractivity contribution in [1.82, 2.24) is 5.32 Å². The summed E-state index contributed by atoms with van der Waals surface area (Å²) in [7, 11) is 0. The summed E-state index contributed by atoms with van der Waals surface area (Å²) in [5.74, 6) is 0. The highest BCUT2D eigenvalue weighted by molar-refractivity contribution is 5.67. The highest BCUT2D eigenvalue weighted by atomic mass is 16.6. The zero-order valence-corrected chi connectivity index (χ0v) is 8.08. The molecule has 0 radical (unpaired) electrons. The molecule has 76 valence electrons. The van der Waals surface area contributed by atoms with E-state index in [9.17, 15) is 4.79 Å². The number of alkyl carbamates (subject to hydrolysis) is 1. The minimum Gasteiger partial charge on any atom is -0.446 e. The first-order valence-electron chi connectivity index (χ1n) is 4.92. The molecule has 0 aromatic rings. The Morgan fingerprint density at radius 2 is 2.38 bits per heavy atom. The molecular weight excluding hydrogens is 168 g/mol. The molecule has 1 aliphatic carbocycles. The SMILES string of the molecule is CCNC(=O)OC1CCCC(N)C1. The van der Waals surface area contributed by atoms with Crippen molar-refractivity contribution in [2.45, 2.75) is 44.8 Å². The van der Waals surface area contributed by atoms with Crippen molar-refractivity contribution in [1.29, 1.82) is 0 Å². The summed E-state index contributed by atoms with van der Waals surface area (Å²) < 4.78 is 5.17. The van der Waals surface area contributed by atoms with E-state index in [1.807, 2.05) is 6.92 Å². The molecule has 0 aromatic carbocycles. The molecule has 13 heavy (non-hydrogen) atoms. The van der Waals surface area contributed by atoms with Crippen LogP contribution in [0.15, 0.2) is 0 Å². The van der Waals surface area contributed by atoms with Crippen LogP contribution in [0.1, 0.15) is 32.6 Å². The quantitative estimate of drug-likeness (QED) is 0.676. The maximum atomic E-state index is 11.0. The Labute approximate surface area is 78.8 Å². The van der Waals surface area contributed by atoms with Crippen LogP contribution in [-0.2, 0) is 4.74 Å². The zero-order chi connectivity index (χ0) is 9.68. The van der Waals surface area contributed by atoms with E-state index < -0.39 is 0 Å². The van der Waals surface area contributed by atoms with Crippen LogP contribution in [0.5, 0.6) is 0 Å². The van der Waals surface area contributed by atoms with Gasteiger partial charge in [0.15, 0.2) is 0 Å². The molecule has 1 saturated carbocycles. The van der Waals surface area contributed by atoms with E-state index in [2.05, 4.69) is 5.32 Å². The Morgan fingerprint density at radius 3 is 3.00 bits per heavy atom. The van der Waals surface area contributed by atoms with Crippen molar-refractivity contribution in [3.8, 4) is 0 Å². The molecule has 0 bridgehead atoms. The van der Waals surface area contributed by atoms with E-state index in [-0.39, 0.29) is 18.2 Å². The number of carbonyl (C=O) groups excluding carboxylic acids is 1. The van der Waals surface area contributed by atoms with Gasteiger partial charge in [0.2, 0.25) is 0 Å². The maximum Gasteiger partial charge on any atom is 0.407 e. The molecule has 1 aliphatic rings. The van der Waals surface area contributed by atoms with Gasteiger partial charge < -0.3 is 15.8 Å². The van der Waals surface area contributed by atoms with Gasteiger partial charge >= 0.3 is 6.09 Å². The van der Waals surface area contributed by atoms with Gasteiger partial charge in [-0.2, -0.15) is 0 Å². The number of amides is 1. The lowest BCUT2D eigenvalue weighted by Gasteiger charge is -2.26. The van der Waals surface area contributed by atoms with E-state index in [1.165, 1.54) is 0 Å². The van der Waals surface area contributed by atoms with Crippen molar-refractivity contribution in [3.05, 3.63) is 0 Å². The number of hydrogen-bond donors (Lipinski definition) is 2. The van der Waals surface area contributed by atoms with E-state index in [4.69, 9.17) is 10.5 Å². The van der Waals surface area contributed by atoms with Crippen LogP contribution < -0.4 is 11.1 Å². The highest BCUT2D eigenvalue weighted by Gasteiger charge is 2.21. The largest absolute Gasteiger partial charge is 0.446 e. The van der Waals surface area contributed by atoms with Gasteiger partial charge in [0.05, 0.1) is 0 Å². The molecule has 0 spiro atoms. The Morgan fingerprint density at radius 1 is 1.62 bits per heavy atom. The fraction of sp³-hybridized carbons (Fsp3) is 0.889. The van der Waals surface area contributed by atoms with Gasteiger partial charge in [-0.25, -0.2) is 4.79 Å². The first-order chi connectivity index (χ1) is 6.22. The van der Waals surface area contributed by atoms with Crippen LogP contribution in [0.3, 0.4) is 0 Å². The first kappa shape index (κ1) is 10.3. The van der Waals surface area contributed by atoms with Gasteiger partial charge in [-0.15, -0.1) is 0 Å². The average Bonchev–Trinajstić information content (AvgIpc) is 2.04. The molecule has 3 N–H and O–H groups in total. The summed E-state index contributed by atoms with van der Waals surface area (Å²) in [6.45, 7) is 2.48. The van der Waals surface area contributed by atoms with E-state index in [0.717, 1.165) is 25.7 Å². The number of ether oxygens (including phenoxy) is 1. The summed E-state index contributed by atoms with van der Waals surface area (Å²) in [6.07, 6.45) is 3.57. The lowest BCUT2D eigenvalue weighted by molar-refractivity contribution is 0.0709. The number of carbonyl (C=O) groups is 1. The number of hydrogen-bond acceptors (Lipinski definition) is 3. The van der Waals surface area contributed by atoms with Crippen LogP contribution in [0.4, 0.5) is 4.79 Å². The lowest BCUT2D eigenvalue weighted by atomic mass is 9.94. The van der Waals surface area contributed by atoms with Crippen molar-refractivity contribution < 1.29 is 9.53 Å². The van der Waals surface area contributed by atoms with Crippen LogP contribution in [-0.4, -0.2) is 24.8 Å². The third kappa shape index (κ3) is 3.63. The predicted octanol–water partition coefficient (Wildman–Crippen LogP) is 1.00. The number of nitrogens with two attached hydrogens (primary N) is 1. The van der Waals surface area contributed by atoms with Crippen molar-refractivity contribution >= 4 is 6.09 Å². The molecule has 1 rings (SSSR count). The summed E-state index contributed by atoms with van der Waals surface area (Å²) in [4.78, 5) is 11.0. The molecule has 0 aliphatic heterocycles. The fourth-order valence-electron chi connectivity index (χ4n) is 1.63. The van der Waals surface area contributed by atoms with E-state index in [1.54, 1.807) is 0 Å². The van der Waals surface area contributed by atoms with Crippen LogP contribution in [0.25, 0.3) is 0 Å². The third-order valence-electron chi connectivity index (χ3n) is 2.26. The molecule has 1 fully saturated rings. The second kappa shape index (κ2) is 5.07. The molecule has 0 saturated heterocycles. The fourth-order valence-corrected chi connectivity index (χ4v) is 1.63. The Hall–Kier alpha value is -0.770. The Bertz CT molecular complexity index is 173. The molecular formula is C9H18N2O2. The topological polar surface area (TPSA) is 64.3 Å². The predicted molar refractivity (Wildman–Crippen MR) is 50.4 cm³/mol. The third-order valence-corrected chi connectivity index (χ3v) is 2.26. The Kier molecular flexibility index (Phi) is 4.02. The van der Waals surface area contributed by atoms with Crippen molar-refractivity contribution in [2.75, 3.05) is 6.54 Å². The summed E-state index contributed by atoms with van der Waals surface area (Å²) in [5.41, 5.74) is 5.76. The van der Waals surface area contributed by atoms with Crippen LogP contribution in [0, 0.1) is 0 Å². The highest BCUT2D eigenvalue weighted by Crippen LogP contribution is 2.19. The normalized spacial score (nSPS) is 28.2. The summed E-state index contributed by atoms with van der Waals surface area (Å²) in [6, 6.07) is 0.202. The lowest BCUT2D eigenvalue weighted by Crippen LogP contribution is -2.36. The molecule has 0 aromatic heterocycles. The molecule has 4 heteroatoms. The standard InChI is InChI=1S/C9H18N2O2/c1-2-11-9(12)13-8-5-3-4-7(10)6-8/h7-8H,2-6,10H2,1H3,(H,11,12). The minimum atomic E-state index is -0.318. The van der Waals surface area contributed by atoms with E-state index in [0.29, 0.717) is 6.54 Å². The number of nitrogens with one attached hydrogen (secondary N) is 1. The smallest absolute Gasteiger partial charge is 0.407 e. The zero-order valence-electron chi connectivity index (χ0n) is 8.08. The van der Waals surface area contributed by atoms with Gasteiger partial charge in [-0.3, -0.25) is 0 Å². The van der Waals surface area contributed by atoms with Gasteiger partial charge in [0, 0.05) is 12.6 Å². The maximum absolute atomic E-state index is 11.0. The second-order valence-electron chi connectivity index (χ2n) is 3.48. The number of rotatable bonds is 2. The Balaban J connectivity index is 2.23. The van der Waals surface area contributed by atoms with Gasteiger partial charge in [-0.1, -0.05) is 0 Å². The first-order valence-corrected chi connectivity index (χ1v) is 4.92. The monoisotopic (exact) mass is 186 g/mol.